The zero-order chi connectivity index (χ0) is 14.6. The van der Waals surface area contributed by atoms with Crippen molar-refractivity contribution in [2.75, 3.05) is 0 Å². The summed E-state index contributed by atoms with van der Waals surface area (Å²) in [6, 6.07) is 7.63. The molecule has 0 aliphatic heterocycles. The van der Waals surface area contributed by atoms with Crippen LogP contribution in [-0.4, -0.2) is 5.78 Å². The normalized spacial score (nSPS) is 9.10. The summed E-state index contributed by atoms with van der Waals surface area (Å²) in [7, 11) is 0. The van der Waals surface area contributed by atoms with E-state index < -0.39 is 0 Å². The van der Waals surface area contributed by atoms with E-state index in [-0.39, 0.29) is 5.78 Å². The molecule has 0 saturated heterocycles. The third-order valence-electron chi connectivity index (χ3n) is 2.99. The zero-order valence-electron chi connectivity index (χ0n) is 12.5. The Kier molecular flexibility index (Phi) is 7.93. The first-order valence-corrected chi connectivity index (χ1v) is 7.30. The fraction of sp³-hybridized carbons (Fsp3) is 0.421. The van der Waals surface area contributed by atoms with Gasteiger partial charge in [-0.3, -0.25) is 4.79 Å². The van der Waals surface area contributed by atoms with Crippen LogP contribution in [0.2, 0.25) is 0 Å². The number of unbranched alkanes of at least 4 members (excludes halogenated alkanes) is 3. The summed E-state index contributed by atoms with van der Waals surface area (Å²) >= 11 is 0. The van der Waals surface area contributed by atoms with Crippen molar-refractivity contribution in [2.45, 2.75) is 52.4 Å². The van der Waals surface area contributed by atoms with Crippen molar-refractivity contribution in [3.8, 4) is 23.7 Å². The van der Waals surface area contributed by atoms with E-state index in [4.69, 9.17) is 0 Å². The minimum atomic E-state index is 0.170. The Morgan fingerprint density at radius 1 is 1.10 bits per heavy atom. The highest BCUT2D eigenvalue weighted by atomic mass is 16.1. The molecular weight excluding hydrogens is 244 g/mol. The molecule has 1 nitrogen and oxygen atoms in total. The van der Waals surface area contributed by atoms with Gasteiger partial charge in [0.05, 0.1) is 0 Å². The van der Waals surface area contributed by atoms with Gasteiger partial charge < -0.3 is 0 Å². The third-order valence-corrected chi connectivity index (χ3v) is 2.99. The topological polar surface area (TPSA) is 17.1 Å². The lowest BCUT2D eigenvalue weighted by Crippen LogP contribution is -2.01. The Bertz CT molecular complexity index is 546. The van der Waals surface area contributed by atoms with Crippen molar-refractivity contribution < 1.29 is 4.79 Å². The molecule has 0 atom stereocenters. The molecule has 0 N–H and O–H groups in total. The summed E-state index contributed by atoms with van der Waals surface area (Å²) in [5.41, 5.74) is 1.61. The van der Waals surface area contributed by atoms with E-state index in [1.165, 1.54) is 0 Å². The molecule has 1 aromatic carbocycles. The molecule has 1 heteroatoms. The lowest BCUT2D eigenvalue weighted by molar-refractivity contribution is 0.0980. The molecule has 0 fully saturated rings. The van der Waals surface area contributed by atoms with Crippen LogP contribution in [0.25, 0.3) is 0 Å². The largest absolute Gasteiger partial charge is 0.294 e. The number of carbonyl (C=O) groups is 1. The Morgan fingerprint density at radius 2 is 1.85 bits per heavy atom. The molecule has 1 aromatic rings. The Labute approximate surface area is 122 Å². The van der Waals surface area contributed by atoms with Crippen molar-refractivity contribution in [3.63, 3.8) is 0 Å². The molecule has 0 aliphatic rings. The number of hydrogen-bond donors (Lipinski definition) is 0. The maximum absolute atomic E-state index is 12.2. The van der Waals surface area contributed by atoms with Crippen molar-refractivity contribution in [2.24, 2.45) is 0 Å². The van der Waals surface area contributed by atoms with Crippen molar-refractivity contribution >= 4 is 5.78 Å². The van der Waals surface area contributed by atoms with Gasteiger partial charge >= 0.3 is 0 Å². The minimum Gasteiger partial charge on any atom is -0.294 e. The summed E-state index contributed by atoms with van der Waals surface area (Å²) in [5, 5.41) is 0. The third kappa shape index (κ3) is 5.77. The van der Waals surface area contributed by atoms with Crippen LogP contribution in [0.15, 0.2) is 24.3 Å². The van der Waals surface area contributed by atoms with Gasteiger partial charge in [0.15, 0.2) is 5.78 Å². The fourth-order valence-electron chi connectivity index (χ4n) is 1.86. The molecule has 0 unspecified atom stereocenters. The highest BCUT2D eigenvalue weighted by molar-refractivity contribution is 5.98. The summed E-state index contributed by atoms with van der Waals surface area (Å²) in [5.74, 6) is 12.3. The Hall–Kier alpha value is -1.99. The summed E-state index contributed by atoms with van der Waals surface area (Å²) in [6.45, 7) is 3.97. The molecule has 1 rings (SSSR count). The first kappa shape index (κ1) is 16.1. The van der Waals surface area contributed by atoms with E-state index in [1.54, 1.807) is 0 Å². The van der Waals surface area contributed by atoms with E-state index in [2.05, 4.69) is 30.6 Å². The number of Topliss-reactive ketones (excluding diaryl/α,β-unsaturated/α-hetero) is 1. The van der Waals surface area contributed by atoms with Crippen LogP contribution in [0.5, 0.6) is 0 Å². The van der Waals surface area contributed by atoms with Crippen LogP contribution in [-0.2, 0) is 0 Å². The van der Waals surface area contributed by atoms with Gasteiger partial charge in [0, 0.05) is 30.4 Å². The maximum Gasteiger partial charge on any atom is 0.164 e. The second-order valence-electron chi connectivity index (χ2n) is 4.65. The van der Waals surface area contributed by atoms with Gasteiger partial charge in [0.1, 0.15) is 0 Å². The molecule has 20 heavy (non-hydrogen) atoms. The standard InChI is InChI=1S/C19H22O/c1-3-5-7-9-13-17-14-11-12-15-18(17)19(20)16-10-8-6-4-2/h11-12,14-15H,3,5,7-8,10,16H2,1-2H3. The summed E-state index contributed by atoms with van der Waals surface area (Å²) < 4.78 is 0. The van der Waals surface area contributed by atoms with Crippen molar-refractivity contribution in [1.29, 1.82) is 0 Å². The number of benzene rings is 1. The van der Waals surface area contributed by atoms with Crippen LogP contribution < -0.4 is 0 Å². The van der Waals surface area contributed by atoms with E-state index in [0.29, 0.717) is 6.42 Å². The molecule has 0 saturated carbocycles. The minimum absolute atomic E-state index is 0.170. The quantitative estimate of drug-likeness (QED) is 0.417. The molecule has 0 heterocycles. The van der Waals surface area contributed by atoms with Crippen LogP contribution in [0.1, 0.15) is 68.3 Å². The second kappa shape index (κ2) is 9.88. The maximum atomic E-state index is 12.2. The highest BCUT2D eigenvalue weighted by Gasteiger charge is 2.08. The Morgan fingerprint density at radius 3 is 2.60 bits per heavy atom. The predicted octanol–water partition coefficient (Wildman–Crippen LogP) is 4.60. The predicted molar refractivity (Wildman–Crippen MR) is 84.5 cm³/mol. The molecule has 0 aromatic heterocycles. The first-order chi connectivity index (χ1) is 9.79. The van der Waals surface area contributed by atoms with Crippen LogP contribution >= 0.6 is 0 Å². The zero-order valence-corrected chi connectivity index (χ0v) is 12.5. The van der Waals surface area contributed by atoms with Gasteiger partial charge in [-0.05, 0) is 25.8 Å². The smallest absolute Gasteiger partial charge is 0.164 e. The van der Waals surface area contributed by atoms with Crippen molar-refractivity contribution in [1.82, 2.24) is 0 Å². The number of rotatable bonds is 6. The van der Waals surface area contributed by atoms with E-state index >= 15 is 0 Å². The molecule has 104 valence electrons. The lowest BCUT2D eigenvalue weighted by atomic mass is 10.00. The van der Waals surface area contributed by atoms with Gasteiger partial charge in [0.2, 0.25) is 0 Å². The molecular formula is C19H22O. The van der Waals surface area contributed by atoms with Crippen LogP contribution in [0.4, 0.5) is 0 Å². The molecule has 0 radical (unpaired) electrons. The monoisotopic (exact) mass is 266 g/mol. The SMILES string of the molecule is CC#CCCCC(=O)c1ccccc1C#CCCCC. The number of hydrogen-bond acceptors (Lipinski definition) is 1. The van der Waals surface area contributed by atoms with Gasteiger partial charge in [-0.25, -0.2) is 0 Å². The summed E-state index contributed by atoms with van der Waals surface area (Å²) in [4.78, 5) is 12.2. The van der Waals surface area contributed by atoms with Gasteiger partial charge in [0.25, 0.3) is 0 Å². The van der Waals surface area contributed by atoms with E-state index in [1.807, 2.05) is 31.2 Å². The second-order valence-corrected chi connectivity index (χ2v) is 4.65. The fourth-order valence-corrected chi connectivity index (χ4v) is 1.86. The summed E-state index contributed by atoms with van der Waals surface area (Å²) in [6.07, 6.45) is 5.30. The van der Waals surface area contributed by atoms with E-state index in [0.717, 1.165) is 43.2 Å². The first-order valence-electron chi connectivity index (χ1n) is 7.30. The number of ketones is 1. The number of carbonyl (C=O) groups excluding carboxylic acids is 1. The van der Waals surface area contributed by atoms with Crippen LogP contribution in [0.3, 0.4) is 0 Å². The molecule has 0 amide bonds. The molecule has 0 aliphatic carbocycles. The lowest BCUT2D eigenvalue weighted by Gasteiger charge is -2.02. The van der Waals surface area contributed by atoms with E-state index in [9.17, 15) is 4.79 Å². The average molecular weight is 266 g/mol. The van der Waals surface area contributed by atoms with Gasteiger partial charge in [-0.1, -0.05) is 43.4 Å². The van der Waals surface area contributed by atoms with Crippen LogP contribution in [0, 0.1) is 23.7 Å². The highest BCUT2D eigenvalue weighted by Crippen LogP contribution is 2.12. The Balaban J connectivity index is 2.69. The average Bonchev–Trinajstić information content (AvgIpc) is 2.48. The van der Waals surface area contributed by atoms with Crippen molar-refractivity contribution in [3.05, 3.63) is 35.4 Å². The van der Waals surface area contributed by atoms with Gasteiger partial charge in [-0.2, -0.15) is 0 Å². The molecule has 0 spiro atoms. The van der Waals surface area contributed by atoms with Gasteiger partial charge in [-0.15, -0.1) is 11.8 Å². The molecule has 0 bridgehead atoms.